The summed E-state index contributed by atoms with van der Waals surface area (Å²) in [4.78, 5) is 72.9. The number of aliphatic hydroxyl groups excluding tert-OH is 1. The molecule has 0 aromatic carbocycles. The van der Waals surface area contributed by atoms with Gasteiger partial charge in [-0.25, -0.2) is 9.13 Å². The molecule has 0 saturated heterocycles. The molecule has 0 bridgehead atoms. The summed E-state index contributed by atoms with van der Waals surface area (Å²) in [6, 6.07) is 0. The van der Waals surface area contributed by atoms with E-state index >= 15 is 0 Å². The lowest BCUT2D eigenvalue weighted by molar-refractivity contribution is -0.161. The Morgan fingerprint density at radius 2 is 0.485 bits per heavy atom. The summed E-state index contributed by atoms with van der Waals surface area (Å²) in [6.07, 6.45) is 63.8. The first-order valence-electron chi connectivity index (χ1n) is 41.7. The standard InChI is InChI=1S/C80H156O17P2/c1-6-10-13-16-19-22-24-25-26-27-28-29-30-31-32-37-41-46-51-56-61-66-80(85)97-76(70-91-78(83)64-59-54-49-44-40-36-34-33-35-39-43-47-52-57-62-73(5)9-4)72-95-99(88,89)93-68-74(81)67-92-98(86,87)94-71-75(69-90-77(82)63-58-53-48-42-21-18-15-12-8-3)96-79(84)65-60-55-50-45-38-23-20-17-14-11-7-2/h73-76,81H,6-72H2,1-5H3,(H,86,87)(H,88,89)/t73?,74-,75+,76+/m0/s1. The van der Waals surface area contributed by atoms with Crippen LogP contribution in [0, 0.1) is 5.92 Å². The average molecular weight is 1450 g/mol. The SMILES string of the molecule is CCCCCCCCCCCCCCCCCCCCCCCC(=O)O[C@H](COC(=O)CCCCCCCCCCCCCCCCC(C)CC)COP(=O)(O)OC[C@@H](O)COP(=O)(O)OC[C@@H](COC(=O)CCCCCCCCCCC)OC(=O)CCCCCCCCCCCCC. The summed E-state index contributed by atoms with van der Waals surface area (Å²) >= 11 is 0. The summed E-state index contributed by atoms with van der Waals surface area (Å²) in [7, 11) is -9.91. The van der Waals surface area contributed by atoms with Gasteiger partial charge >= 0.3 is 39.5 Å². The molecular formula is C80H156O17P2. The van der Waals surface area contributed by atoms with Gasteiger partial charge in [0.2, 0.25) is 0 Å². The van der Waals surface area contributed by atoms with Gasteiger partial charge in [0.25, 0.3) is 0 Å². The van der Waals surface area contributed by atoms with Crippen LogP contribution in [0.3, 0.4) is 0 Å². The molecule has 0 rings (SSSR count). The topological polar surface area (TPSA) is 237 Å². The number of hydrogen-bond donors (Lipinski definition) is 3. The van der Waals surface area contributed by atoms with Gasteiger partial charge in [0.15, 0.2) is 12.2 Å². The Kier molecular flexibility index (Phi) is 71.6. The molecule has 0 radical (unpaired) electrons. The quantitative estimate of drug-likeness (QED) is 0.0222. The van der Waals surface area contributed by atoms with Gasteiger partial charge in [-0.05, 0) is 31.6 Å². The second kappa shape index (κ2) is 73.0. The minimum absolute atomic E-state index is 0.107. The van der Waals surface area contributed by atoms with E-state index in [2.05, 4.69) is 34.6 Å². The lowest BCUT2D eigenvalue weighted by Gasteiger charge is -2.21. The van der Waals surface area contributed by atoms with Crippen molar-refractivity contribution >= 4 is 39.5 Å². The third-order valence-electron chi connectivity index (χ3n) is 19.1. The van der Waals surface area contributed by atoms with E-state index in [1.165, 1.54) is 250 Å². The first-order chi connectivity index (χ1) is 48.1. The van der Waals surface area contributed by atoms with Crippen LogP contribution in [0.2, 0.25) is 0 Å². The van der Waals surface area contributed by atoms with Crippen LogP contribution in [0.1, 0.15) is 426 Å². The van der Waals surface area contributed by atoms with Crippen LogP contribution in [-0.4, -0.2) is 96.7 Å². The number of ether oxygens (including phenoxy) is 4. The maximum atomic E-state index is 13.1. The smallest absolute Gasteiger partial charge is 0.462 e. The highest BCUT2D eigenvalue weighted by molar-refractivity contribution is 7.47. The van der Waals surface area contributed by atoms with Gasteiger partial charge in [0, 0.05) is 25.7 Å². The highest BCUT2D eigenvalue weighted by Crippen LogP contribution is 2.45. The fourth-order valence-corrected chi connectivity index (χ4v) is 14.0. The van der Waals surface area contributed by atoms with Crippen LogP contribution >= 0.6 is 15.6 Å². The summed E-state index contributed by atoms with van der Waals surface area (Å²) in [5.74, 6) is -1.26. The third kappa shape index (κ3) is 72.8. The Hall–Kier alpha value is -1.94. The number of aliphatic hydroxyl groups is 1. The van der Waals surface area contributed by atoms with Crippen molar-refractivity contribution in [2.24, 2.45) is 5.92 Å². The van der Waals surface area contributed by atoms with Crippen molar-refractivity contribution < 1.29 is 80.2 Å². The van der Waals surface area contributed by atoms with Gasteiger partial charge in [0.05, 0.1) is 26.4 Å². The predicted octanol–water partition coefficient (Wildman–Crippen LogP) is 24.0. The maximum Gasteiger partial charge on any atom is 0.472 e. The molecule has 0 saturated carbocycles. The lowest BCUT2D eigenvalue weighted by atomic mass is 9.99. The second-order valence-corrected chi connectivity index (χ2v) is 32.0. The first kappa shape index (κ1) is 97.1. The molecule has 17 nitrogen and oxygen atoms in total. The summed E-state index contributed by atoms with van der Waals surface area (Å²) in [6.45, 7) is 7.35. The van der Waals surface area contributed by atoms with Crippen LogP contribution in [0.5, 0.6) is 0 Å². The number of hydrogen-bond acceptors (Lipinski definition) is 15. The van der Waals surface area contributed by atoms with Crippen molar-refractivity contribution in [3.05, 3.63) is 0 Å². The van der Waals surface area contributed by atoms with Crippen molar-refractivity contribution in [1.29, 1.82) is 0 Å². The third-order valence-corrected chi connectivity index (χ3v) is 21.0. The highest BCUT2D eigenvalue weighted by Gasteiger charge is 2.30. The zero-order valence-corrected chi connectivity index (χ0v) is 66.4. The molecule has 99 heavy (non-hydrogen) atoms. The Bertz CT molecular complexity index is 1890. The van der Waals surface area contributed by atoms with Crippen molar-refractivity contribution in [3.8, 4) is 0 Å². The Labute approximate surface area is 607 Å². The zero-order valence-electron chi connectivity index (χ0n) is 64.6. The molecule has 19 heteroatoms. The molecule has 0 amide bonds. The number of esters is 4. The van der Waals surface area contributed by atoms with Gasteiger partial charge in [-0.1, -0.05) is 375 Å². The molecule has 0 aromatic rings. The number of carbonyl (C=O) groups excluding carboxylic acids is 4. The van der Waals surface area contributed by atoms with Gasteiger partial charge in [-0.3, -0.25) is 37.3 Å². The van der Waals surface area contributed by atoms with Crippen molar-refractivity contribution in [2.45, 2.75) is 445 Å². The Morgan fingerprint density at radius 3 is 0.717 bits per heavy atom. The van der Waals surface area contributed by atoms with Crippen molar-refractivity contribution in [3.63, 3.8) is 0 Å². The molecule has 0 aliphatic heterocycles. The van der Waals surface area contributed by atoms with E-state index in [4.69, 9.17) is 37.0 Å². The molecule has 6 atom stereocenters. The van der Waals surface area contributed by atoms with E-state index in [1.807, 2.05) is 0 Å². The van der Waals surface area contributed by atoms with Gasteiger partial charge in [-0.2, -0.15) is 0 Å². The molecule has 3 unspecified atom stereocenters. The predicted molar refractivity (Wildman–Crippen MR) is 405 cm³/mol. The molecule has 0 aliphatic carbocycles. The van der Waals surface area contributed by atoms with E-state index in [-0.39, 0.29) is 25.7 Å². The second-order valence-electron chi connectivity index (χ2n) is 29.1. The fourth-order valence-electron chi connectivity index (χ4n) is 12.4. The van der Waals surface area contributed by atoms with E-state index < -0.39 is 97.5 Å². The summed E-state index contributed by atoms with van der Waals surface area (Å²) < 4.78 is 68.6. The first-order valence-corrected chi connectivity index (χ1v) is 44.7. The molecule has 0 heterocycles. The largest absolute Gasteiger partial charge is 0.472 e. The monoisotopic (exact) mass is 1450 g/mol. The number of carbonyl (C=O) groups is 4. The lowest BCUT2D eigenvalue weighted by Crippen LogP contribution is -2.30. The van der Waals surface area contributed by atoms with Gasteiger partial charge in [-0.15, -0.1) is 0 Å². The number of phosphoric ester groups is 2. The van der Waals surface area contributed by atoms with Crippen LogP contribution in [0.4, 0.5) is 0 Å². The van der Waals surface area contributed by atoms with Gasteiger partial charge < -0.3 is 33.8 Å². The summed E-state index contributed by atoms with van der Waals surface area (Å²) in [5, 5.41) is 10.6. The van der Waals surface area contributed by atoms with Crippen LogP contribution in [-0.2, 0) is 65.4 Å². The maximum absolute atomic E-state index is 13.1. The number of unbranched alkanes of at least 4 members (excludes halogenated alkanes) is 51. The molecule has 0 aromatic heterocycles. The van der Waals surface area contributed by atoms with E-state index in [0.29, 0.717) is 25.7 Å². The summed E-state index contributed by atoms with van der Waals surface area (Å²) in [5.41, 5.74) is 0. The zero-order chi connectivity index (χ0) is 72.7. The molecule has 588 valence electrons. The Balaban J connectivity index is 5.19. The van der Waals surface area contributed by atoms with E-state index in [9.17, 15) is 43.2 Å². The van der Waals surface area contributed by atoms with Crippen LogP contribution in [0.15, 0.2) is 0 Å². The Morgan fingerprint density at radius 1 is 0.283 bits per heavy atom. The number of rotatable bonds is 80. The average Bonchev–Trinajstić information content (AvgIpc) is 1.79. The molecule has 3 N–H and O–H groups in total. The highest BCUT2D eigenvalue weighted by atomic mass is 31.2. The number of phosphoric acid groups is 2. The van der Waals surface area contributed by atoms with Crippen molar-refractivity contribution in [2.75, 3.05) is 39.6 Å². The van der Waals surface area contributed by atoms with E-state index in [0.717, 1.165) is 95.8 Å². The molecule has 0 aliphatic rings. The molecular weight excluding hydrogens is 1290 g/mol. The van der Waals surface area contributed by atoms with E-state index in [1.54, 1.807) is 0 Å². The van der Waals surface area contributed by atoms with Gasteiger partial charge in [0.1, 0.15) is 19.3 Å². The van der Waals surface area contributed by atoms with Crippen LogP contribution in [0.25, 0.3) is 0 Å². The molecule has 0 spiro atoms. The molecule has 0 fully saturated rings. The minimum Gasteiger partial charge on any atom is -0.462 e. The van der Waals surface area contributed by atoms with Crippen LogP contribution < -0.4 is 0 Å². The normalized spacial score (nSPS) is 14.1. The fraction of sp³-hybridized carbons (Fsp3) is 0.950. The van der Waals surface area contributed by atoms with Crippen molar-refractivity contribution in [1.82, 2.24) is 0 Å². The minimum atomic E-state index is -4.96.